The summed E-state index contributed by atoms with van der Waals surface area (Å²) >= 11 is 0. The number of rotatable bonds is 11. The van der Waals surface area contributed by atoms with Crippen LogP contribution < -0.4 is 9.46 Å². The van der Waals surface area contributed by atoms with E-state index >= 15 is 0 Å². The Morgan fingerprint density at radius 3 is 2.71 bits per heavy atom. The highest BCUT2D eigenvalue weighted by molar-refractivity contribution is 7.89. The Balaban J connectivity index is 1.64. The van der Waals surface area contributed by atoms with Crippen molar-refractivity contribution in [3.05, 3.63) is 59.4 Å². The van der Waals surface area contributed by atoms with Crippen LogP contribution in [0.15, 0.2) is 51.8 Å². The number of hydrogen-bond donors (Lipinski definition) is 2. The molecule has 0 aliphatic rings. The summed E-state index contributed by atoms with van der Waals surface area (Å²) < 4.78 is 44.1. The molecule has 0 atom stereocenters. The molecule has 0 fully saturated rings. The second kappa shape index (κ2) is 9.95. The van der Waals surface area contributed by atoms with Gasteiger partial charge in [0.2, 0.25) is 15.8 Å². The number of sulfonamides is 1. The van der Waals surface area contributed by atoms with Gasteiger partial charge in [-0.25, -0.2) is 17.9 Å². The number of carboxylic acids is 1. The smallest absolute Gasteiger partial charge is 0.372 e. The van der Waals surface area contributed by atoms with Gasteiger partial charge < -0.3 is 19.0 Å². The van der Waals surface area contributed by atoms with Crippen LogP contribution >= 0.6 is 0 Å². The van der Waals surface area contributed by atoms with Crippen molar-refractivity contribution in [3.63, 3.8) is 0 Å². The normalized spacial score (nSPS) is 11.7. The van der Waals surface area contributed by atoms with Crippen LogP contribution in [-0.4, -0.2) is 45.9 Å². The van der Waals surface area contributed by atoms with Gasteiger partial charge in [-0.3, -0.25) is 0 Å². The summed E-state index contributed by atoms with van der Waals surface area (Å²) in [6, 6.07) is 11.8. The number of fused-ring (bicyclic) bond motifs is 1. The third kappa shape index (κ3) is 5.63. The summed E-state index contributed by atoms with van der Waals surface area (Å²) in [6.45, 7) is 5.30. The molecule has 2 aromatic carbocycles. The topological polar surface area (TPSA) is 115 Å². The molecule has 0 amide bonds. The average Bonchev–Trinajstić information content (AvgIpc) is 3.08. The molecule has 9 heteroatoms. The van der Waals surface area contributed by atoms with Gasteiger partial charge in [0, 0.05) is 24.1 Å². The molecule has 0 saturated carbocycles. The van der Waals surface area contributed by atoms with Crippen LogP contribution in [0.25, 0.3) is 11.0 Å². The maximum atomic E-state index is 12.7. The van der Waals surface area contributed by atoms with Crippen molar-refractivity contribution in [1.29, 1.82) is 0 Å². The summed E-state index contributed by atoms with van der Waals surface area (Å²) in [5, 5.41) is 9.63. The predicted octanol–water partition coefficient (Wildman–Crippen LogP) is 3.38. The highest BCUT2D eigenvalue weighted by atomic mass is 32.2. The molecule has 0 unspecified atom stereocenters. The minimum absolute atomic E-state index is 0.0499. The van der Waals surface area contributed by atoms with Gasteiger partial charge in [-0.1, -0.05) is 12.1 Å². The number of furan rings is 1. The van der Waals surface area contributed by atoms with Gasteiger partial charge in [-0.15, -0.1) is 0 Å². The quantitative estimate of drug-likeness (QED) is 0.433. The first-order valence-corrected chi connectivity index (χ1v) is 11.4. The molecule has 0 radical (unpaired) electrons. The van der Waals surface area contributed by atoms with E-state index in [4.69, 9.17) is 13.9 Å². The molecular weight excluding hydrogens is 422 g/mol. The zero-order valence-corrected chi connectivity index (χ0v) is 18.2. The molecule has 1 heterocycles. The van der Waals surface area contributed by atoms with Gasteiger partial charge in [-0.05, 0) is 56.2 Å². The molecule has 1 aromatic heterocycles. The van der Waals surface area contributed by atoms with Crippen molar-refractivity contribution in [2.45, 2.75) is 25.2 Å². The van der Waals surface area contributed by atoms with E-state index in [0.717, 1.165) is 5.56 Å². The maximum absolute atomic E-state index is 12.7. The fourth-order valence-corrected chi connectivity index (χ4v) is 4.20. The van der Waals surface area contributed by atoms with Crippen LogP contribution in [0.1, 0.15) is 28.6 Å². The highest BCUT2D eigenvalue weighted by Crippen LogP contribution is 2.27. The summed E-state index contributed by atoms with van der Waals surface area (Å²) in [7, 11) is -3.77. The lowest BCUT2D eigenvalue weighted by molar-refractivity contribution is 0.0664. The molecule has 3 rings (SSSR count). The molecule has 0 aliphatic heterocycles. The SMILES string of the molecule is CCOCCOc1cccc(CCNS(=O)(=O)c2ccc3oc(C(=O)O)c(C)c3c2)c1. The van der Waals surface area contributed by atoms with E-state index in [0.29, 0.717) is 48.5 Å². The fraction of sp³-hybridized carbons (Fsp3) is 0.318. The van der Waals surface area contributed by atoms with Gasteiger partial charge in [0.1, 0.15) is 17.9 Å². The number of aryl methyl sites for hydroxylation is 1. The van der Waals surface area contributed by atoms with E-state index in [1.807, 2.05) is 31.2 Å². The Morgan fingerprint density at radius 1 is 1.16 bits per heavy atom. The van der Waals surface area contributed by atoms with Crippen LogP contribution in [-0.2, 0) is 21.2 Å². The first-order chi connectivity index (χ1) is 14.8. The molecule has 166 valence electrons. The standard InChI is InChI=1S/C22H25NO7S/c1-3-28-11-12-29-17-6-4-5-16(13-17)9-10-23-31(26,27)18-7-8-20-19(14-18)15(2)21(30-20)22(24)25/h4-8,13-14,23H,3,9-12H2,1-2H3,(H,24,25). The van der Waals surface area contributed by atoms with Crippen LogP contribution in [0.5, 0.6) is 5.75 Å². The molecule has 3 aromatic rings. The lowest BCUT2D eigenvalue weighted by Gasteiger charge is -2.09. The van der Waals surface area contributed by atoms with Crippen molar-refractivity contribution < 1.29 is 32.2 Å². The number of carboxylic acid groups (broad SMARTS) is 1. The third-order valence-electron chi connectivity index (χ3n) is 4.72. The summed E-state index contributed by atoms with van der Waals surface area (Å²) in [4.78, 5) is 11.3. The molecule has 8 nitrogen and oxygen atoms in total. The fourth-order valence-electron chi connectivity index (χ4n) is 3.14. The summed E-state index contributed by atoms with van der Waals surface area (Å²) in [5.74, 6) is -0.684. The number of carbonyl (C=O) groups is 1. The molecule has 2 N–H and O–H groups in total. The number of benzene rings is 2. The van der Waals surface area contributed by atoms with Crippen molar-refractivity contribution in [2.24, 2.45) is 0 Å². The van der Waals surface area contributed by atoms with Gasteiger partial charge in [0.25, 0.3) is 0 Å². The first kappa shape index (κ1) is 22.8. The predicted molar refractivity (Wildman–Crippen MR) is 115 cm³/mol. The van der Waals surface area contributed by atoms with E-state index < -0.39 is 16.0 Å². The number of hydrogen-bond acceptors (Lipinski definition) is 6. The Hall–Kier alpha value is -2.88. The number of aromatic carboxylic acids is 1. The second-order valence-corrected chi connectivity index (χ2v) is 8.63. The van der Waals surface area contributed by atoms with Gasteiger partial charge in [0.05, 0.1) is 11.5 Å². The second-order valence-electron chi connectivity index (χ2n) is 6.86. The zero-order chi connectivity index (χ0) is 22.4. The van der Waals surface area contributed by atoms with Gasteiger partial charge >= 0.3 is 5.97 Å². The number of nitrogens with one attached hydrogen (secondary N) is 1. The van der Waals surface area contributed by atoms with Gasteiger partial charge in [0.15, 0.2) is 0 Å². The zero-order valence-electron chi connectivity index (χ0n) is 17.4. The molecule has 0 saturated heterocycles. The van der Waals surface area contributed by atoms with Crippen molar-refractivity contribution in [3.8, 4) is 5.75 Å². The Morgan fingerprint density at radius 2 is 1.97 bits per heavy atom. The molecule has 31 heavy (non-hydrogen) atoms. The Labute approximate surface area is 180 Å². The van der Waals surface area contributed by atoms with E-state index in [2.05, 4.69) is 4.72 Å². The molecule has 0 aliphatic carbocycles. The highest BCUT2D eigenvalue weighted by Gasteiger charge is 2.20. The van der Waals surface area contributed by atoms with Crippen molar-refractivity contribution >= 4 is 27.0 Å². The third-order valence-corrected chi connectivity index (χ3v) is 6.18. The minimum atomic E-state index is -3.77. The van der Waals surface area contributed by atoms with Crippen LogP contribution in [0, 0.1) is 6.92 Å². The van der Waals surface area contributed by atoms with Crippen molar-refractivity contribution in [2.75, 3.05) is 26.4 Å². The lowest BCUT2D eigenvalue weighted by Crippen LogP contribution is -2.26. The Bertz CT molecular complexity index is 1170. The van der Waals surface area contributed by atoms with Gasteiger partial charge in [-0.2, -0.15) is 0 Å². The van der Waals surface area contributed by atoms with Crippen LogP contribution in [0.3, 0.4) is 0 Å². The van der Waals surface area contributed by atoms with E-state index in [1.165, 1.54) is 18.2 Å². The maximum Gasteiger partial charge on any atom is 0.372 e. The lowest BCUT2D eigenvalue weighted by atomic mass is 10.1. The first-order valence-electron chi connectivity index (χ1n) is 9.87. The minimum Gasteiger partial charge on any atom is -0.491 e. The van der Waals surface area contributed by atoms with E-state index in [1.54, 1.807) is 6.92 Å². The average molecular weight is 448 g/mol. The Kier molecular flexibility index (Phi) is 7.32. The van der Waals surface area contributed by atoms with E-state index in [9.17, 15) is 18.3 Å². The monoisotopic (exact) mass is 447 g/mol. The van der Waals surface area contributed by atoms with Crippen molar-refractivity contribution in [1.82, 2.24) is 4.72 Å². The molecular formula is C22H25NO7S. The van der Waals surface area contributed by atoms with E-state index in [-0.39, 0.29) is 17.2 Å². The van der Waals surface area contributed by atoms with Crippen LogP contribution in [0.2, 0.25) is 0 Å². The summed E-state index contributed by atoms with van der Waals surface area (Å²) in [6.07, 6.45) is 0.484. The molecule has 0 spiro atoms. The largest absolute Gasteiger partial charge is 0.491 e. The number of ether oxygens (including phenoxy) is 2. The summed E-state index contributed by atoms with van der Waals surface area (Å²) in [5.41, 5.74) is 1.65. The molecule has 0 bridgehead atoms. The van der Waals surface area contributed by atoms with Crippen LogP contribution in [0.4, 0.5) is 0 Å².